The fraction of sp³-hybridized carbons (Fsp3) is 0.632. The Labute approximate surface area is 134 Å². The average Bonchev–Trinajstić information content (AvgIpc) is 2.44. The van der Waals surface area contributed by atoms with E-state index in [4.69, 9.17) is 5.73 Å². The Bertz CT molecular complexity index is 487. The van der Waals surface area contributed by atoms with Gasteiger partial charge in [-0.3, -0.25) is 4.79 Å². The molecule has 2 rings (SSSR count). The van der Waals surface area contributed by atoms with E-state index in [9.17, 15) is 4.79 Å². The second-order valence-electron chi connectivity index (χ2n) is 7.68. The molecule has 0 saturated carbocycles. The number of primary amides is 1. The van der Waals surface area contributed by atoms with Gasteiger partial charge >= 0.3 is 0 Å². The van der Waals surface area contributed by atoms with E-state index in [0.717, 1.165) is 32.5 Å². The van der Waals surface area contributed by atoms with Crippen molar-refractivity contribution in [3.63, 3.8) is 0 Å². The van der Waals surface area contributed by atoms with Crippen LogP contribution in [0.25, 0.3) is 0 Å². The van der Waals surface area contributed by atoms with Gasteiger partial charge in [-0.25, -0.2) is 0 Å². The Morgan fingerprint density at radius 3 is 2.55 bits per heavy atom. The van der Waals surface area contributed by atoms with E-state index in [1.165, 1.54) is 17.5 Å². The molecule has 1 heterocycles. The number of rotatable bonds is 5. The monoisotopic (exact) mass is 302 g/mol. The molecule has 1 aliphatic rings. The Kier molecular flexibility index (Phi) is 5.63. The number of carbonyl (C=O) groups excluding carboxylic acids is 1. The number of hydrogen-bond donors (Lipinski definition) is 1. The molecule has 0 aliphatic carbocycles. The van der Waals surface area contributed by atoms with Crippen molar-refractivity contribution in [2.45, 2.75) is 51.9 Å². The zero-order valence-corrected chi connectivity index (χ0v) is 14.3. The van der Waals surface area contributed by atoms with Gasteiger partial charge in [-0.2, -0.15) is 0 Å². The van der Waals surface area contributed by atoms with Crippen LogP contribution in [0, 0.1) is 5.92 Å². The van der Waals surface area contributed by atoms with Crippen molar-refractivity contribution in [3.05, 3.63) is 35.4 Å². The van der Waals surface area contributed by atoms with Crippen LogP contribution in [-0.2, 0) is 16.6 Å². The zero-order chi connectivity index (χ0) is 16.2. The van der Waals surface area contributed by atoms with Gasteiger partial charge in [0, 0.05) is 19.5 Å². The lowest BCUT2D eigenvalue weighted by Gasteiger charge is -2.32. The highest BCUT2D eigenvalue weighted by atomic mass is 16.1. The zero-order valence-electron chi connectivity index (χ0n) is 14.3. The third kappa shape index (κ3) is 5.13. The van der Waals surface area contributed by atoms with Gasteiger partial charge in [0.05, 0.1) is 0 Å². The molecule has 2 N–H and O–H groups in total. The first-order chi connectivity index (χ1) is 10.3. The quantitative estimate of drug-likeness (QED) is 0.908. The number of hydrogen-bond acceptors (Lipinski definition) is 2. The number of amides is 1. The number of piperidine rings is 1. The molecule has 1 fully saturated rings. The summed E-state index contributed by atoms with van der Waals surface area (Å²) in [6, 6.07) is 9.01. The Hall–Kier alpha value is -1.35. The smallest absolute Gasteiger partial charge is 0.217 e. The van der Waals surface area contributed by atoms with E-state index in [-0.39, 0.29) is 11.3 Å². The minimum Gasteiger partial charge on any atom is -0.370 e. The first-order valence-corrected chi connectivity index (χ1v) is 8.44. The molecule has 1 amide bonds. The summed E-state index contributed by atoms with van der Waals surface area (Å²) in [4.78, 5) is 13.6. The van der Waals surface area contributed by atoms with Crippen LogP contribution in [0.3, 0.4) is 0 Å². The summed E-state index contributed by atoms with van der Waals surface area (Å²) >= 11 is 0. The van der Waals surface area contributed by atoms with Crippen LogP contribution >= 0.6 is 0 Å². The molecule has 1 aromatic carbocycles. The van der Waals surface area contributed by atoms with Gasteiger partial charge in [0.15, 0.2) is 0 Å². The Morgan fingerprint density at radius 1 is 1.27 bits per heavy atom. The number of nitrogens with two attached hydrogens (primary N) is 1. The third-order valence-corrected chi connectivity index (χ3v) is 4.63. The summed E-state index contributed by atoms with van der Waals surface area (Å²) in [7, 11) is 0. The SMILES string of the molecule is CC(C)(C)c1ccc(CCN2CCCC(CC(N)=O)C2)cc1. The molecule has 0 radical (unpaired) electrons. The number of nitrogens with zero attached hydrogens (tertiary/aromatic N) is 1. The molecule has 0 aromatic heterocycles. The predicted molar refractivity (Wildman–Crippen MR) is 91.8 cm³/mol. The topological polar surface area (TPSA) is 46.3 Å². The van der Waals surface area contributed by atoms with Crippen LogP contribution in [0.4, 0.5) is 0 Å². The van der Waals surface area contributed by atoms with Crippen LogP contribution in [0.5, 0.6) is 0 Å². The van der Waals surface area contributed by atoms with Gasteiger partial charge in [-0.15, -0.1) is 0 Å². The second-order valence-corrected chi connectivity index (χ2v) is 7.68. The lowest BCUT2D eigenvalue weighted by atomic mass is 9.86. The summed E-state index contributed by atoms with van der Waals surface area (Å²) in [5, 5.41) is 0. The van der Waals surface area contributed by atoms with Crippen LogP contribution in [0.1, 0.15) is 51.2 Å². The molecule has 1 atom stereocenters. The predicted octanol–water partition coefficient (Wildman–Crippen LogP) is 3.11. The minimum atomic E-state index is -0.162. The molecule has 0 bridgehead atoms. The molecule has 3 heteroatoms. The molecule has 1 unspecified atom stereocenters. The Balaban J connectivity index is 1.83. The van der Waals surface area contributed by atoms with Crippen molar-refractivity contribution in [2.75, 3.05) is 19.6 Å². The first-order valence-electron chi connectivity index (χ1n) is 8.44. The highest BCUT2D eigenvalue weighted by molar-refractivity contribution is 5.74. The van der Waals surface area contributed by atoms with Crippen LogP contribution in [-0.4, -0.2) is 30.4 Å². The number of carbonyl (C=O) groups is 1. The lowest BCUT2D eigenvalue weighted by Crippen LogP contribution is -2.38. The van der Waals surface area contributed by atoms with Crippen LogP contribution < -0.4 is 5.73 Å². The number of benzene rings is 1. The average molecular weight is 302 g/mol. The first kappa shape index (κ1) is 17.0. The van der Waals surface area contributed by atoms with E-state index < -0.39 is 0 Å². The van der Waals surface area contributed by atoms with Crippen molar-refractivity contribution < 1.29 is 4.79 Å². The summed E-state index contributed by atoms with van der Waals surface area (Å²) < 4.78 is 0. The summed E-state index contributed by atoms with van der Waals surface area (Å²) in [5.74, 6) is 0.291. The van der Waals surface area contributed by atoms with Crippen molar-refractivity contribution >= 4 is 5.91 Å². The van der Waals surface area contributed by atoms with Gasteiger partial charge in [0.2, 0.25) is 5.91 Å². The van der Waals surface area contributed by atoms with E-state index in [2.05, 4.69) is 49.9 Å². The molecule has 3 nitrogen and oxygen atoms in total. The van der Waals surface area contributed by atoms with Crippen molar-refractivity contribution in [3.8, 4) is 0 Å². The van der Waals surface area contributed by atoms with E-state index in [1.54, 1.807) is 0 Å². The van der Waals surface area contributed by atoms with Crippen LogP contribution in [0.15, 0.2) is 24.3 Å². The molecule has 1 aliphatic heterocycles. The highest BCUT2D eigenvalue weighted by Crippen LogP contribution is 2.23. The van der Waals surface area contributed by atoms with Gasteiger partial charge in [-0.1, -0.05) is 45.0 Å². The summed E-state index contributed by atoms with van der Waals surface area (Å²) in [6.07, 6.45) is 3.94. The van der Waals surface area contributed by atoms with Gasteiger partial charge in [0.25, 0.3) is 0 Å². The van der Waals surface area contributed by atoms with Crippen molar-refractivity contribution in [1.29, 1.82) is 0 Å². The standard InChI is InChI=1S/C19H30N2O/c1-19(2,3)17-8-6-15(7-9-17)10-12-21-11-4-5-16(14-21)13-18(20)22/h6-9,16H,4-5,10-14H2,1-3H3,(H2,20,22). The molecule has 0 spiro atoms. The minimum absolute atomic E-state index is 0.162. The summed E-state index contributed by atoms with van der Waals surface area (Å²) in [6.45, 7) is 9.97. The highest BCUT2D eigenvalue weighted by Gasteiger charge is 2.21. The van der Waals surface area contributed by atoms with Gasteiger partial charge in [0.1, 0.15) is 0 Å². The normalized spacial score (nSPS) is 20.0. The van der Waals surface area contributed by atoms with E-state index in [1.807, 2.05) is 0 Å². The maximum Gasteiger partial charge on any atom is 0.217 e. The van der Waals surface area contributed by atoms with E-state index >= 15 is 0 Å². The lowest BCUT2D eigenvalue weighted by molar-refractivity contribution is -0.119. The van der Waals surface area contributed by atoms with Gasteiger partial charge in [-0.05, 0) is 48.3 Å². The molecular formula is C19H30N2O. The maximum atomic E-state index is 11.1. The molecule has 1 aromatic rings. The fourth-order valence-corrected chi connectivity index (χ4v) is 3.26. The molecular weight excluding hydrogens is 272 g/mol. The molecule has 22 heavy (non-hydrogen) atoms. The Morgan fingerprint density at radius 2 is 1.95 bits per heavy atom. The summed E-state index contributed by atoms with van der Waals surface area (Å²) in [5.41, 5.74) is 8.32. The molecule has 122 valence electrons. The van der Waals surface area contributed by atoms with E-state index in [0.29, 0.717) is 12.3 Å². The maximum absolute atomic E-state index is 11.1. The largest absolute Gasteiger partial charge is 0.370 e. The van der Waals surface area contributed by atoms with Crippen molar-refractivity contribution in [2.24, 2.45) is 11.7 Å². The second kappa shape index (κ2) is 7.28. The third-order valence-electron chi connectivity index (χ3n) is 4.63. The van der Waals surface area contributed by atoms with Crippen LogP contribution in [0.2, 0.25) is 0 Å². The van der Waals surface area contributed by atoms with Gasteiger partial charge < -0.3 is 10.6 Å². The molecule has 1 saturated heterocycles. The fourth-order valence-electron chi connectivity index (χ4n) is 3.26. The number of likely N-dealkylation sites (tertiary alicyclic amines) is 1. The van der Waals surface area contributed by atoms with Crippen molar-refractivity contribution in [1.82, 2.24) is 4.90 Å².